The Morgan fingerprint density at radius 2 is 1.80 bits per heavy atom. The smallest absolute Gasteiger partial charge is 0.326 e. The van der Waals surface area contributed by atoms with Crippen molar-refractivity contribution in [1.82, 2.24) is 4.72 Å². The van der Waals surface area contributed by atoms with Crippen LogP contribution in [-0.2, 0) is 19.6 Å². The normalized spacial score (nSPS) is 14.7. The van der Waals surface area contributed by atoms with Gasteiger partial charge in [-0.3, -0.25) is 4.79 Å². The fourth-order valence-electron chi connectivity index (χ4n) is 1.52. The number of nitrogens with one attached hydrogen (secondary N) is 1. The van der Waals surface area contributed by atoms with Crippen molar-refractivity contribution in [2.45, 2.75) is 30.7 Å². The lowest BCUT2D eigenvalue weighted by Gasteiger charge is -2.26. The lowest BCUT2D eigenvalue weighted by molar-refractivity contribution is -0.147. The first-order chi connectivity index (χ1) is 9.14. The van der Waals surface area contributed by atoms with Gasteiger partial charge in [-0.1, -0.05) is 6.92 Å². The number of hydrogen-bond donors (Lipinski definition) is 1. The lowest BCUT2D eigenvalue weighted by Crippen LogP contribution is -2.52. The van der Waals surface area contributed by atoms with Gasteiger partial charge in [0.05, 0.1) is 12.0 Å². The number of carbonyl (C=O) groups excluding carboxylic acids is 1. The molecule has 0 heterocycles. The van der Waals surface area contributed by atoms with Crippen molar-refractivity contribution in [3.8, 4) is 0 Å². The number of hydrogen-bond acceptors (Lipinski definition) is 4. The minimum Gasteiger partial charge on any atom is -0.468 e. The summed E-state index contributed by atoms with van der Waals surface area (Å²) in [7, 11) is -3.14. The molecule has 20 heavy (non-hydrogen) atoms. The SMILES string of the molecule is CC[C@](C)(NS(=O)(=O)c1cc(F)cc(F)c1)C(=O)OC. The van der Waals surface area contributed by atoms with Gasteiger partial charge >= 0.3 is 5.97 Å². The standard InChI is InChI=1S/C12H15F2NO4S/c1-4-12(2,11(16)19-3)15-20(17,18)10-6-8(13)5-9(14)7-10/h5-7,15H,4H2,1-3H3/t12-/m0/s1. The Morgan fingerprint density at radius 3 is 2.20 bits per heavy atom. The number of benzene rings is 1. The van der Waals surface area contributed by atoms with Crippen molar-refractivity contribution in [2.75, 3.05) is 7.11 Å². The summed E-state index contributed by atoms with van der Waals surface area (Å²) >= 11 is 0. The zero-order valence-electron chi connectivity index (χ0n) is 11.2. The highest BCUT2D eigenvalue weighted by atomic mass is 32.2. The van der Waals surface area contributed by atoms with Gasteiger partial charge in [-0.25, -0.2) is 17.2 Å². The molecule has 112 valence electrons. The van der Waals surface area contributed by atoms with Gasteiger partial charge in [0.15, 0.2) is 0 Å². The second-order valence-corrected chi connectivity index (χ2v) is 6.07. The molecule has 1 atom stereocenters. The topological polar surface area (TPSA) is 72.5 Å². The third kappa shape index (κ3) is 3.51. The molecular formula is C12H15F2NO4S. The van der Waals surface area contributed by atoms with Crippen LogP contribution in [0.5, 0.6) is 0 Å². The summed E-state index contributed by atoms with van der Waals surface area (Å²) in [5.74, 6) is -2.84. The van der Waals surface area contributed by atoms with Crippen molar-refractivity contribution >= 4 is 16.0 Å². The van der Waals surface area contributed by atoms with Crippen molar-refractivity contribution in [1.29, 1.82) is 0 Å². The van der Waals surface area contributed by atoms with Crippen LogP contribution in [-0.4, -0.2) is 27.0 Å². The van der Waals surface area contributed by atoms with Gasteiger partial charge in [-0.2, -0.15) is 4.72 Å². The number of methoxy groups -OCH3 is 1. The van der Waals surface area contributed by atoms with Crippen LogP contribution in [0.2, 0.25) is 0 Å². The Kier molecular flexibility index (Phi) is 4.82. The van der Waals surface area contributed by atoms with E-state index < -0.39 is 38.1 Å². The van der Waals surface area contributed by atoms with Crippen LogP contribution >= 0.6 is 0 Å². The molecule has 0 aliphatic carbocycles. The third-order valence-corrected chi connectivity index (χ3v) is 4.42. The molecule has 0 saturated carbocycles. The molecule has 0 radical (unpaired) electrons. The maximum atomic E-state index is 13.1. The van der Waals surface area contributed by atoms with Gasteiger partial charge in [0.1, 0.15) is 17.2 Å². The quantitative estimate of drug-likeness (QED) is 0.838. The second-order valence-electron chi connectivity index (χ2n) is 4.39. The molecule has 0 fully saturated rings. The maximum Gasteiger partial charge on any atom is 0.326 e. The molecular weight excluding hydrogens is 292 g/mol. The van der Waals surface area contributed by atoms with Crippen LogP contribution in [0.4, 0.5) is 8.78 Å². The van der Waals surface area contributed by atoms with E-state index in [4.69, 9.17) is 0 Å². The van der Waals surface area contributed by atoms with Gasteiger partial charge < -0.3 is 4.74 Å². The average Bonchev–Trinajstić information content (AvgIpc) is 2.36. The van der Waals surface area contributed by atoms with Gasteiger partial charge in [0.25, 0.3) is 0 Å². The first kappa shape index (κ1) is 16.5. The summed E-state index contributed by atoms with van der Waals surface area (Å²) in [6.07, 6.45) is 0.108. The number of ether oxygens (including phenoxy) is 1. The Hall–Kier alpha value is -1.54. The van der Waals surface area contributed by atoms with Crippen molar-refractivity contribution < 1.29 is 26.7 Å². The predicted molar refractivity (Wildman–Crippen MR) is 67.4 cm³/mol. The van der Waals surface area contributed by atoms with Gasteiger partial charge in [0, 0.05) is 6.07 Å². The molecule has 8 heteroatoms. The van der Waals surface area contributed by atoms with Crippen LogP contribution in [0.3, 0.4) is 0 Å². The zero-order chi connectivity index (χ0) is 15.6. The fraction of sp³-hybridized carbons (Fsp3) is 0.417. The van der Waals surface area contributed by atoms with Crippen LogP contribution in [0.15, 0.2) is 23.1 Å². The summed E-state index contributed by atoms with van der Waals surface area (Å²) in [4.78, 5) is 11.0. The summed E-state index contributed by atoms with van der Waals surface area (Å²) in [5, 5.41) is 0. The molecule has 0 spiro atoms. The van der Waals surface area contributed by atoms with Crippen molar-refractivity contribution in [2.24, 2.45) is 0 Å². The van der Waals surface area contributed by atoms with Crippen molar-refractivity contribution in [3.63, 3.8) is 0 Å². The highest BCUT2D eigenvalue weighted by Gasteiger charge is 2.37. The molecule has 0 saturated heterocycles. The number of carbonyl (C=O) groups is 1. The van der Waals surface area contributed by atoms with E-state index in [2.05, 4.69) is 9.46 Å². The van der Waals surface area contributed by atoms with Gasteiger partial charge in [-0.05, 0) is 25.5 Å². The molecule has 0 bridgehead atoms. The Bertz CT molecular complexity index is 598. The highest BCUT2D eigenvalue weighted by molar-refractivity contribution is 7.89. The molecule has 1 aromatic rings. The fourth-order valence-corrected chi connectivity index (χ4v) is 3.00. The van der Waals surface area contributed by atoms with Crippen LogP contribution < -0.4 is 4.72 Å². The second kappa shape index (κ2) is 5.84. The maximum absolute atomic E-state index is 13.1. The van der Waals surface area contributed by atoms with Crippen molar-refractivity contribution in [3.05, 3.63) is 29.8 Å². The highest BCUT2D eigenvalue weighted by Crippen LogP contribution is 2.19. The van der Waals surface area contributed by atoms with E-state index >= 15 is 0 Å². The van der Waals surface area contributed by atoms with Crippen LogP contribution in [0.25, 0.3) is 0 Å². The molecule has 0 aliphatic heterocycles. The predicted octanol–water partition coefficient (Wildman–Crippen LogP) is 1.58. The third-order valence-electron chi connectivity index (χ3n) is 2.85. The number of rotatable bonds is 5. The average molecular weight is 307 g/mol. The van der Waals surface area contributed by atoms with E-state index in [0.29, 0.717) is 18.2 Å². The summed E-state index contributed by atoms with van der Waals surface area (Å²) < 4.78 is 56.9. The number of halogens is 2. The molecule has 0 aromatic heterocycles. The largest absolute Gasteiger partial charge is 0.468 e. The van der Waals surface area contributed by atoms with E-state index in [0.717, 1.165) is 7.11 Å². The number of sulfonamides is 1. The number of esters is 1. The molecule has 1 rings (SSSR count). The Balaban J connectivity index is 3.20. The molecule has 5 nitrogen and oxygen atoms in total. The lowest BCUT2D eigenvalue weighted by atomic mass is 10.0. The molecule has 1 aromatic carbocycles. The molecule has 0 aliphatic rings. The monoisotopic (exact) mass is 307 g/mol. The summed E-state index contributed by atoms with van der Waals surface area (Å²) in [6.45, 7) is 2.90. The van der Waals surface area contributed by atoms with E-state index in [1.54, 1.807) is 6.92 Å². The summed E-state index contributed by atoms with van der Waals surface area (Å²) in [5.41, 5.74) is -1.52. The van der Waals surface area contributed by atoms with Crippen LogP contribution in [0, 0.1) is 11.6 Å². The van der Waals surface area contributed by atoms with E-state index in [-0.39, 0.29) is 6.42 Å². The van der Waals surface area contributed by atoms with Gasteiger partial charge in [0.2, 0.25) is 10.0 Å². The summed E-state index contributed by atoms with van der Waals surface area (Å²) in [6, 6.07) is 1.88. The Labute approximate surface area is 116 Å². The minimum atomic E-state index is -4.26. The van der Waals surface area contributed by atoms with E-state index in [1.807, 2.05) is 0 Å². The van der Waals surface area contributed by atoms with E-state index in [9.17, 15) is 22.0 Å². The molecule has 1 N–H and O–H groups in total. The molecule has 0 amide bonds. The zero-order valence-corrected chi connectivity index (χ0v) is 12.1. The van der Waals surface area contributed by atoms with Gasteiger partial charge in [-0.15, -0.1) is 0 Å². The Morgan fingerprint density at radius 1 is 1.30 bits per heavy atom. The molecule has 0 unspecified atom stereocenters. The first-order valence-corrected chi connectivity index (χ1v) is 7.21. The first-order valence-electron chi connectivity index (χ1n) is 5.73. The van der Waals surface area contributed by atoms with E-state index in [1.165, 1.54) is 6.92 Å². The van der Waals surface area contributed by atoms with Crippen LogP contribution in [0.1, 0.15) is 20.3 Å². The minimum absolute atomic E-state index is 0.108.